The molecule has 3 heterocycles. The number of piperidine rings is 2. The van der Waals surface area contributed by atoms with E-state index in [0.717, 1.165) is 62.6 Å². The van der Waals surface area contributed by atoms with Crippen LogP contribution in [0.15, 0.2) is 29.6 Å². The van der Waals surface area contributed by atoms with Crippen molar-refractivity contribution in [3.8, 4) is 5.75 Å². The Hall–Kier alpha value is -2.41. The van der Waals surface area contributed by atoms with Gasteiger partial charge in [-0.3, -0.25) is 9.59 Å². The van der Waals surface area contributed by atoms with E-state index in [0.29, 0.717) is 23.4 Å². The van der Waals surface area contributed by atoms with Gasteiger partial charge < -0.3 is 14.5 Å². The third-order valence-corrected chi connectivity index (χ3v) is 10.5. The maximum Gasteiger partial charge on any atom is 0.273 e. The highest BCUT2D eigenvalue weighted by atomic mass is 32.1. The molecule has 0 unspecified atom stereocenters. The van der Waals surface area contributed by atoms with Gasteiger partial charge in [0.2, 0.25) is 5.91 Å². The quantitative estimate of drug-likeness (QED) is 0.529. The third-order valence-electron chi connectivity index (χ3n) is 9.53. The Morgan fingerprint density at radius 1 is 0.917 bits per heavy atom. The van der Waals surface area contributed by atoms with Crippen LogP contribution in [0.3, 0.4) is 0 Å². The van der Waals surface area contributed by atoms with E-state index < -0.39 is 0 Å². The molecule has 3 aliphatic rings. The standard InChI is InChI=1S/C29H39N3O3S/c1-28(2)24(29(28,3)4)27(34)32-16-12-20(13-17-32)25-30-22(18-36-25)26(33)31-14-10-19(11-15-31)21-8-6-7-9-23(21)35-5/h6-9,18-20,24H,10-17H2,1-5H3. The summed E-state index contributed by atoms with van der Waals surface area (Å²) in [5, 5.41) is 2.97. The van der Waals surface area contributed by atoms with Gasteiger partial charge in [-0.1, -0.05) is 45.9 Å². The number of carbonyl (C=O) groups is 2. The van der Waals surface area contributed by atoms with Crippen LogP contribution in [0.2, 0.25) is 0 Å². The molecular formula is C29H39N3O3S. The smallest absolute Gasteiger partial charge is 0.273 e. The highest BCUT2D eigenvalue weighted by molar-refractivity contribution is 7.09. The number of benzene rings is 1. The van der Waals surface area contributed by atoms with Crippen molar-refractivity contribution in [2.45, 2.75) is 65.2 Å². The molecule has 2 saturated heterocycles. The Morgan fingerprint density at radius 2 is 1.50 bits per heavy atom. The number of amides is 2. The Kier molecular flexibility index (Phi) is 6.64. The van der Waals surface area contributed by atoms with Gasteiger partial charge in [0, 0.05) is 43.4 Å². The minimum absolute atomic E-state index is 0.0433. The van der Waals surface area contributed by atoms with Crippen molar-refractivity contribution < 1.29 is 14.3 Å². The number of nitrogens with zero attached hydrogens (tertiary/aromatic N) is 3. The maximum absolute atomic E-state index is 13.2. The van der Waals surface area contributed by atoms with Gasteiger partial charge in [-0.15, -0.1) is 11.3 Å². The van der Waals surface area contributed by atoms with Crippen molar-refractivity contribution in [2.24, 2.45) is 16.7 Å². The van der Waals surface area contributed by atoms with Crippen LogP contribution in [0.5, 0.6) is 5.75 Å². The molecule has 1 saturated carbocycles. The number of methoxy groups -OCH3 is 1. The fraction of sp³-hybridized carbons (Fsp3) is 0.621. The molecule has 0 atom stereocenters. The molecule has 0 radical (unpaired) electrons. The van der Waals surface area contributed by atoms with Crippen LogP contribution in [0.25, 0.3) is 0 Å². The second-order valence-electron chi connectivity index (χ2n) is 11.9. The summed E-state index contributed by atoms with van der Waals surface area (Å²) in [7, 11) is 1.72. The van der Waals surface area contributed by atoms with E-state index >= 15 is 0 Å². The number of ether oxygens (including phenoxy) is 1. The molecule has 2 aromatic rings. The Morgan fingerprint density at radius 3 is 2.11 bits per heavy atom. The van der Waals surface area contributed by atoms with Gasteiger partial charge in [-0.25, -0.2) is 4.98 Å². The number of hydrogen-bond donors (Lipinski definition) is 0. The summed E-state index contributed by atoms with van der Waals surface area (Å²) in [6, 6.07) is 8.20. The fourth-order valence-electron chi connectivity index (χ4n) is 6.48. The summed E-state index contributed by atoms with van der Waals surface area (Å²) in [5.74, 6) is 2.16. The number of rotatable bonds is 5. The molecule has 0 spiro atoms. The topological polar surface area (TPSA) is 62.7 Å². The predicted molar refractivity (Wildman–Crippen MR) is 143 cm³/mol. The summed E-state index contributed by atoms with van der Waals surface area (Å²) >= 11 is 1.60. The predicted octanol–water partition coefficient (Wildman–Crippen LogP) is 5.56. The lowest BCUT2D eigenvalue weighted by atomic mass is 9.88. The first-order valence-corrected chi connectivity index (χ1v) is 14.2. The molecule has 0 N–H and O–H groups in total. The highest BCUT2D eigenvalue weighted by Gasteiger charge is 2.68. The zero-order valence-corrected chi connectivity index (χ0v) is 23.1. The third kappa shape index (κ3) is 4.33. The van der Waals surface area contributed by atoms with Crippen LogP contribution in [0.1, 0.15) is 86.3 Å². The first kappa shape index (κ1) is 25.2. The molecule has 6 nitrogen and oxygen atoms in total. The largest absolute Gasteiger partial charge is 0.496 e. The number of thiazole rings is 1. The fourth-order valence-corrected chi connectivity index (χ4v) is 7.44. The van der Waals surface area contributed by atoms with Gasteiger partial charge >= 0.3 is 0 Å². The summed E-state index contributed by atoms with van der Waals surface area (Å²) < 4.78 is 5.54. The summed E-state index contributed by atoms with van der Waals surface area (Å²) in [5.41, 5.74) is 1.97. The lowest BCUT2D eigenvalue weighted by Crippen LogP contribution is -2.40. The summed E-state index contributed by atoms with van der Waals surface area (Å²) in [6.07, 6.45) is 3.71. The van der Waals surface area contributed by atoms with Crippen molar-refractivity contribution in [2.75, 3.05) is 33.3 Å². The van der Waals surface area contributed by atoms with Crippen LogP contribution in [0.4, 0.5) is 0 Å². The molecule has 5 rings (SSSR count). The first-order chi connectivity index (χ1) is 17.1. The van der Waals surface area contributed by atoms with E-state index in [-0.39, 0.29) is 22.7 Å². The zero-order chi connectivity index (χ0) is 25.7. The highest BCUT2D eigenvalue weighted by Crippen LogP contribution is 2.68. The van der Waals surface area contributed by atoms with E-state index in [4.69, 9.17) is 9.72 Å². The zero-order valence-electron chi connectivity index (χ0n) is 22.3. The average molecular weight is 510 g/mol. The van der Waals surface area contributed by atoms with Gasteiger partial charge in [0.05, 0.1) is 12.1 Å². The van der Waals surface area contributed by atoms with Gasteiger partial charge in [-0.05, 0) is 54.1 Å². The van der Waals surface area contributed by atoms with Gasteiger partial charge in [-0.2, -0.15) is 0 Å². The van der Waals surface area contributed by atoms with Crippen LogP contribution in [0, 0.1) is 16.7 Å². The molecule has 2 amide bonds. The molecule has 1 aromatic heterocycles. The number of hydrogen-bond acceptors (Lipinski definition) is 5. The van der Waals surface area contributed by atoms with E-state index in [1.165, 1.54) is 5.56 Å². The normalized spacial score (nSPS) is 22.5. The molecule has 2 aliphatic heterocycles. The number of carbonyl (C=O) groups excluding carboxylic acids is 2. The van der Waals surface area contributed by atoms with E-state index in [9.17, 15) is 9.59 Å². The van der Waals surface area contributed by atoms with E-state index in [1.54, 1.807) is 18.4 Å². The Bertz CT molecular complexity index is 1110. The van der Waals surface area contributed by atoms with Crippen LogP contribution in [-0.4, -0.2) is 59.9 Å². The molecule has 1 aromatic carbocycles. The molecular weight excluding hydrogens is 470 g/mol. The average Bonchev–Trinajstić information content (AvgIpc) is 3.20. The van der Waals surface area contributed by atoms with Crippen molar-refractivity contribution in [1.29, 1.82) is 0 Å². The van der Waals surface area contributed by atoms with E-state index in [1.807, 2.05) is 22.4 Å². The second kappa shape index (κ2) is 9.47. The molecule has 194 valence electrons. The van der Waals surface area contributed by atoms with Crippen LogP contribution >= 0.6 is 11.3 Å². The monoisotopic (exact) mass is 509 g/mol. The number of aromatic nitrogens is 1. The molecule has 0 bridgehead atoms. The van der Waals surface area contributed by atoms with Gasteiger partial charge in [0.25, 0.3) is 5.91 Å². The molecule has 3 fully saturated rings. The van der Waals surface area contributed by atoms with Crippen LogP contribution < -0.4 is 4.74 Å². The van der Waals surface area contributed by atoms with Crippen molar-refractivity contribution >= 4 is 23.2 Å². The molecule has 1 aliphatic carbocycles. The van der Waals surface area contributed by atoms with Crippen molar-refractivity contribution in [1.82, 2.24) is 14.8 Å². The Labute approximate surface area is 219 Å². The first-order valence-electron chi connectivity index (χ1n) is 13.3. The van der Waals surface area contributed by atoms with Gasteiger partial charge in [0.15, 0.2) is 0 Å². The minimum Gasteiger partial charge on any atom is -0.496 e. The van der Waals surface area contributed by atoms with Gasteiger partial charge in [0.1, 0.15) is 11.4 Å². The number of likely N-dealkylation sites (tertiary alicyclic amines) is 2. The number of para-hydroxylation sites is 1. The lowest BCUT2D eigenvalue weighted by molar-refractivity contribution is -0.134. The molecule has 7 heteroatoms. The summed E-state index contributed by atoms with van der Waals surface area (Å²) in [6.45, 7) is 11.9. The lowest BCUT2D eigenvalue weighted by Gasteiger charge is -2.32. The van der Waals surface area contributed by atoms with Crippen LogP contribution in [-0.2, 0) is 4.79 Å². The summed E-state index contributed by atoms with van der Waals surface area (Å²) in [4.78, 5) is 35.1. The Balaban J connectivity index is 1.14. The second-order valence-corrected chi connectivity index (χ2v) is 12.7. The van der Waals surface area contributed by atoms with Crippen molar-refractivity contribution in [3.05, 3.63) is 45.9 Å². The van der Waals surface area contributed by atoms with Crippen molar-refractivity contribution in [3.63, 3.8) is 0 Å². The van der Waals surface area contributed by atoms with E-state index in [2.05, 4.69) is 44.7 Å². The minimum atomic E-state index is 0.0433. The maximum atomic E-state index is 13.2. The molecule has 36 heavy (non-hydrogen) atoms. The SMILES string of the molecule is COc1ccccc1C1CCN(C(=O)c2csc(C3CCN(C(=O)C4C(C)(C)C4(C)C)CC3)n2)CC1.